The highest BCUT2D eigenvalue weighted by Gasteiger charge is 2.35. The van der Waals surface area contributed by atoms with Gasteiger partial charge in [0.15, 0.2) is 5.70 Å². The zero-order chi connectivity index (χ0) is 17.7. The van der Waals surface area contributed by atoms with E-state index in [1.54, 1.807) is 18.2 Å². The van der Waals surface area contributed by atoms with Crippen molar-refractivity contribution in [3.8, 4) is 0 Å². The van der Waals surface area contributed by atoms with Gasteiger partial charge >= 0.3 is 5.97 Å². The van der Waals surface area contributed by atoms with Crippen molar-refractivity contribution >= 4 is 35.6 Å². The Morgan fingerprint density at radius 1 is 1.25 bits per heavy atom. The maximum absolute atomic E-state index is 12.2. The third-order valence-corrected chi connectivity index (χ3v) is 4.57. The number of benzene rings is 1. The Labute approximate surface area is 151 Å². The highest BCUT2D eigenvalue weighted by atomic mass is 35.5. The number of nitrogens with zero attached hydrogens (tertiary/aromatic N) is 1. The van der Waals surface area contributed by atoms with Gasteiger partial charge in [0.05, 0.1) is 14.2 Å². The number of hydrogen-bond donors (Lipinski definition) is 0. The Hall–Kier alpha value is -1.72. The van der Waals surface area contributed by atoms with Gasteiger partial charge in [-0.3, -0.25) is 4.79 Å². The molecule has 1 aromatic carbocycles. The quantitative estimate of drug-likeness (QED) is 0.304. The number of rotatable bonds is 8. The van der Waals surface area contributed by atoms with Gasteiger partial charge in [-0.2, -0.15) is 0 Å². The van der Waals surface area contributed by atoms with Gasteiger partial charge in [0.1, 0.15) is 5.76 Å². The summed E-state index contributed by atoms with van der Waals surface area (Å²) >= 11 is 12.3. The molecule has 130 valence electrons. The summed E-state index contributed by atoms with van der Waals surface area (Å²) in [6.07, 6.45) is 2.84. The van der Waals surface area contributed by atoms with Crippen molar-refractivity contribution < 1.29 is 19.1 Å². The largest absolute Gasteiger partial charge is 0.498 e. The molecule has 2 rings (SSSR count). The van der Waals surface area contributed by atoms with E-state index in [0.29, 0.717) is 28.6 Å². The van der Waals surface area contributed by atoms with E-state index in [4.69, 9.17) is 32.7 Å². The Bertz CT molecular complexity index is 636. The highest BCUT2D eigenvalue weighted by Crippen LogP contribution is 2.39. The van der Waals surface area contributed by atoms with Crippen molar-refractivity contribution in [2.24, 2.45) is 5.92 Å². The van der Waals surface area contributed by atoms with Gasteiger partial charge in [-0.05, 0) is 37.0 Å². The van der Waals surface area contributed by atoms with Crippen molar-refractivity contribution in [1.29, 1.82) is 0 Å². The summed E-state index contributed by atoms with van der Waals surface area (Å²) in [6.45, 7) is 0.233. The molecule has 0 radical (unpaired) electrons. The summed E-state index contributed by atoms with van der Waals surface area (Å²) in [5.74, 6) is 0.0331. The predicted molar refractivity (Wildman–Crippen MR) is 91.7 cm³/mol. The van der Waals surface area contributed by atoms with Crippen LogP contribution < -0.4 is 0 Å². The summed E-state index contributed by atoms with van der Waals surface area (Å²) in [4.78, 5) is 25.1. The lowest BCUT2D eigenvalue weighted by Gasteiger charge is -2.22. The number of halogens is 2. The molecule has 1 aromatic rings. The second-order valence-electron chi connectivity index (χ2n) is 5.43. The van der Waals surface area contributed by atoms with Crippen molar-refractivity contribution in [3.63, 3.8) is 0 Å². The van der Waals surface area contributed by atoms with Crippen LogP contribution in [0.1, 0.15) is 18.4 Å². The van der Waals surface area contributed by atoms with E-state index in [9.17, 15) is 9.59 Å². The standard InChI is InChI=1S/C17H19Cl2NO4/c1-23-16(11-6-7-11)15(17(22)24-2)20(10-21)9-8-12-13(18)4-3-5-14(12)19/h3-5,10-11H,6-9H2,1-2H3/b16-15-. The normalized spacial score (nSPS) is 14.7. The predicted octanol–water partition coefficient (Wildman–Crippen LogP) is 3.44. The number of esters is 1. The number of carbonyl (C=O) groups excluding carboxylic acids is 2. The third kappa shape index (κ3) is 4.22. The Morgan fingerprint density at radius 2 is 1.88 bits per heavy atom. The topological polar surface area (TPSA) is 55.8 Å². The van der Waals surface area contributed by atoms with Crippen LogP contribution in [0, 0.1) is 5.92 Å². The molecule has 1 saturated carbocycles. The molecule has 1 fully saturated rings. The molecule has 0 bridgehead atoms. The average Bonchev–Trinajstić information content (AvgIpc) is 3.40. The number of carbonyl (C=O) groups is 2. The summed E-state index contributed by atoms with van der Waals surface area (Å²) in [5.41, 5.74) is 0.864. The minimum Gasteiger partial charge on any atom is -0.498 e. The summed E-state index contributed by atoms with van der Waals surface area (Å²) in [6, 6.07) is 5.22. The number of methoxy groups -OCH3 is 2. The van der Waals surface area contributed by atoms with Gasteiger partial charge in [-0.25, -0.2) is 4.79 Å². The maximum atomic E-state index is 12.2. The highest BCUT2D eigenvalue weighted by molar-refractivity contribution is 6.36. The minimum atomic E-state index is -0.601. The molecule has 0 heterocycles. The summed E-state index contributed by atoms with van der Waals surface area (Å²) in [5, 5.41) is 1.04. The van der Waals surface area contributed by atoms with E-state index in [0.717, 1.165) is 18.4 Å². The second kappa shape index (κ2) is 8.40. The molecule has 0 N–H and O–H groups in total. The molecule has 1 aliphatic carbocycles. The van der Waals surface area contributed by atoms with Gasteiger partial charge in [-0.15, -0.1) is 0 Å². The van der Waals surface area contributed by atoms with Gasteiger partial charge in [0, 0.05) is 22.5 Å². The average molecular weight is 372 g/mol. The first-order chi connectivity index (χ1) is 11.5. The van der Waals surface area contributed by atoms with Gasteiger partial charge in [0.25, 0.3) is 0 Å². The van der Waals surface area contributed by atoms with Crippen LogP contribution in [0.5, 0.6) is 0 Å². The van der Waals surface area contributed by atoms with E-state index in [1.165, 1.54) is 19.1 Å². The van der Waals surface area contributed by atoms with Gasteiger partial charge in [-0.1, -0.05) is 29.3 Å². The lowest BCUT2D eigenvalue weighted by atomic mass is 10.1. The van der Waals surface area contributed by atoms with E-state index in [1.807, 2.05) is 0 Å². The molecule has 0 atom stereocenters. The fraction of sp³-hybridized carbons (Fsp3) is 0.412. The molecule has 0 aliphatic heterocycles. The third-order valence-electron chi connectivity index (χ3n) is 3.86. The number of ether oxygens (including phenoxy) is 2. The molecule has 24 heavy (non-hydrogen) atoms. The SMILES string of the molecule is COC(=O)/C(=C(/OC)C1CC1)N(C=O)CCc1c(Cl)cccc1Cl. The number of amides is 1. The molecule has 5 nitrogen and oxygen atoms in total. The number of allylic oxidation sites excluding steroid dienone is 1. The van der Waals surface area contributed by atoms with Crippen molar-refractivity contribution in [3.05, 3.63) is 45.3 Å². The first-order valence-corrected chi connectivity index (χ1v) is 8.30. The lowest BCUT2D eigenvalue weighted by molar-refractivity contribution is -0.140. The van der Waals surface area contributed by atoms with Gasteiger partial charge < -0.3 is 14.4 Å². The zero-order valence-electron chi connectivity index (χ0n) is 13.6. The number of hydrogen-bond acceptors (Lipinski definition) is 4. The van der Waals surface area contributed by atoms with Crippen molar-refractivity contribution in [2.45, 2.75) is 19.3 Å². The van der Waals surface area contributed by atoms with Crippen LogP contribution in [0.25, 0.3) is 0 Å². The van der Waals surface area contributed by atoms with Crippen LogP contribution in [0.2, 0.25) is 10.0 Å². The maximum Gasteiger partial charge on any atom is 0.358 e. The minimum absolute atomic E-state index is 0.140. The van der Waals surface area contributed by atoms with Crippen molar-refractivity contribution in [1.82, 2.24) is 4.90 Å². The van der Waals surface area contributed by atoms with Crippen molar-refractivity contribution in [2.75, 3.05) is 20.8 Å². The van der Waals surface area contributed by atoms with Crippen LogP contribution in [-0.2, 0) is 25.5 Å². The van der Waals surface area contributed by atoms with E-state index in [2.05, 4.69) is 0 Å². The Kier molecular flexibility index (Phi) is 6.52. The van der Waals surface area contributed by atoms with Crippen LogP contribution in [0.4, 0.5) is 0 Å². The van der Waals surface area contributed by atoms with E-state index < -0.39 is 5.97 Å². The smallest absolute Gasteiger partial charge is 0.358 e. The Balaban J connectivity index is 2.27. The molecule has 1 aliphatic rings. The van der Waals surface area contributed by atoms with E-state index >= 15 is 0 Å². The zero-order valence-corrected chi connectivity index (χ0v) is 15.1. The summed E-state index contributed by atoms with van der Waals surface area (Å²) in [7, 11) is 2.76. The molecule has 1 amide bonds. The molecule has 0 saturated heterocycles. The monoisotopic (exact) mass is 371 g/mol. The molecule has 0 spiro atoms. The molecule has 0 aromatic heterocycles. The van der Waals surface area contributed by atoms with Crippen LogP contribution in [0.3, 0.4) is 0 Å². The Morgan fingerprint density at radius 3 is 2.33 bits per heavy atom. The molecular formula is C17H19Cl2NO4. The summed E-state index contributed by atoms with van der Waals surface area (Å²) < 4.78 is 10.2. The molecule has 0 unspecified atom stereocenters. The van der Waals surface area contributed by atoms with Crippen LogP contribution >= 0.6 is 23.2 Å². The molecular weight excluding hydrogens is 353 g/mol. The fourth-order valence-corrected chi connectivity index (χ4v) is 3.07. The van der Waals surface area contributed by atoms with Crippen LogP contribution in [-0.4, -0.2) is 38.0 Å². The molecule has 7 heteroatoms. The first-order valence-electron chi connectivity index (χ1n) is 7.54. The fourth-order valence-electron chi connectivity index (χ4n) is 2.48. The van der Waals surface area contributed by atoms with Gasteiger partial charge in [0.2, 0.25) is 6.41 Å². The van der Waals surface area contributed by atoms with Crippen LogP contribution in [0.15, 0.2) is 29.7 Å². The van der Waals surface area contributed by atoms with E-state index in [-0.39, 0.29) is 18.2 Å². The lowest BCUT2D eigenvalue weighted by Crippen LogP contribution is -2.31. The second-order valence-corrected chi connectivity index (χ2v) is 6.25. The first kappa shape index (κ1) is 18.6.